The van der Waals surface area contributed by atoms with Crippen LogP contribution in [0.15, 0.2) is 24.3 Å². The Morgan fingerprint density at radius 1 is 1.24 bits per heavy atom. The Morgan fingerprint density at radius 3 is 2.53 bits per heavy atom. The number of hydrogen-bond donors (Lipinski definition) is 1. The minimum atomic E-state index is 0.439. The second kappa shape index (κ2) is 4.60. The van der Waals surface area contributed by atoms with E-state index in [9.17, 15) is 0 Å². The third-order valence-corrected chi connectivity index (χ3v) is 4.66. The zero-order chi connectivity index (χ0) is 11.8. The molecule has 1 aromatic carbocycles. The fourth-order valence-corrected chi connectivity index (χ4v) is 3.51. The Bertz CT molecular complexity index is 395. The average Bonchev–Trinajstić information content (AvgIpc) is 2.88. The van der Waals surface area contributed by atoms with Crippen molar-refractivity contribution in [1.82, 2.24) is 10.2 Å². The second-order valence-corrected chi connectivity index (χ2v) is 5.74. The van der Waals surface area contributed by atoms with E-state index in [1.54, 1.807) is 0 Å². The van der Waals surface area contributed by atoms with Gasteiger partial charge in [-0.1, -0.05) is 29.8 Å². The molecule has 3 atom stereocenters. The molecule has 3 rings (SSSR count). The van der Waals surface area contributed by atoms with Crippen molar-refractivity contribution < 1.29 is 0 Å². The Balaban J connectivity index is 1.75. The third kappa shape index (κ3) is 2.10. The molecule has 0 bridgehead atoms. The van der Waals surface area contributed by atoms with Crippen LogP contribution >= 0.6 is 11.6 Å². The fraction of sp³-hybridized carbons (Fsp3) is 0.571. The van der Waals surface area contributed by atoms with Gasteiger partial charge in [0.25, 0.3) is 0 Å². The molecule has 3 heteroatoms. The van der Waals surface area contributed by atoms with Crippen molar-refractivity contribution in [3.63, 3.8) is 0 Å². The number of likely N-dealkylation sites (tertiary alicyclic amines) is 1. The standard InChI is InChI=1S/C14H19ClN2/c1-10(13-4-2-3-5-14(13)15)17-8-11-6-16-7-12(11)9-17/h2-5,10-12,16H,6-9H2,1H3/t10?,11-,12+. The number of benzene rings is 1. The summed E-state index contributed by atoms with van der Waals surface area (Å²) >= 11 is 6.28. The van der Waals surface area contributed by atoms with Crippen molar-refractivity contribution in [2.45, 2.75) is 13.0 Å². The molecule has 1 aromatic rings. The Kier molecular flexibility index (Phi) is 3.12. The number of nitrogens with zero attached hydrogens (tertiary/aromatic N) is 1. The summed E-state index contributed by atoms with van der Waals surface area (Å²) in [5.74, 6) is 1.69. The van der Waals surface area contributed by atoms with Crippen LogP contribution in [0, 0.1) is 11.8 Å². The predicted octanol–water partition coefficient (Wildman–Crippen LogP) is 2.55. The van der Waals surface area contributed by atoms with Gasteiger partial charge in [-0.15, -0.1) is 0 Å². The van der Waals surface area contributed by atoms with Gasteiger partial charge in [-0.2, -0.15) is 0 Å². The summed E-state index contributed by atoms with van der Waals surface area (Å²) in [4.78, 5) is 2.58. The van der Waals surface area contributed by atoms with Crippen molar-refractivity contribution >= 4 is 11.6 Å². The molecule has 0 spiro atoms. The molecular formula is C14H19ClN2. The van der Waals surface area contributed by atoms with Crippen LogP contribution in [0.4, 0.5) is 0 Å². The van der Waals surface area contributed by atoms with E-state index in [0.29, 0.717) is 6.04 Å². The van der Waals surface area contributed by atoms with E-state index in [2.05, 4.69) is 29.3 Å². The summed E-state index contributed by atoms with van der Waals surface area (Å²) in [5.41, 5.74) is 1.27. The zero-order valence-electron chi connectivity index (χ0n) is 10.2. The summed E-state index contributed by atoms with van der Waals surface area (Å²) in [7, 11) is 0. The molecule has 0 amide bonds. The van der Waals surface area contributed by atoms with E-state index < -0.39 is 0 Å². The number of rotatable bonds is 2. The minimum Gasteiger partial charge on any atom is -0.316 e. The van der Waals surface area contributed by atoms with Crippen molar-refractivity contribution in [3.8, 4) is 0 Å². The topological polar surface area (TPSA) is 15.3 Å². The minimum absolute atomic E-state index is 0.439. The van der Waals surface area contributed by atoms with Crippen molar-refractivity contribution in [2.75, 3.05) is 26.2 Å². The van der Waals surface area contributed by atoms with Crippen LogP contribution in [0.2, 0.25) is 5.02 Å². The molecule has 2 heterocycles. The van der Waals surface area contributed by atoms with Crippen LogP contribution in [-0.2, 0) is 0 Å². The van der Waals surface area contributed by atoms with Gasteiger partial charge in [-0.3, -0.25) is 4.90 Å². The third-order valence-electron chi connectivity index (χ3n) is 4.32. The van der Waals surface area contributed by atoms with Gasteiger partial charge < -0.3 is 5.32 Å². The molecule has 2 nitrogen and oxygen atoms in total. The molecule has 2 fully saturated rings. The molecule has 92 valence electrons. The summed E-state index contributed by atoms with van der Waals surface area (Å²) in [6, 6.07) is 8.66. The molecular weight excluding hydrogens is 232 g/mol. The molecule has 17 heavy (non-hydrogen) atoms. The van der Waals surface area contributed by atoms with Gasteiger partial charge in [0.05, 0.1) is 0 Å². The molecule has 0 aliphatic carbocycles. The lowest BCUT2D eigenvalue weighted by Gasteiger charge is -2.26. The smallest absolute Gasteiger partial charge is 0.0453 e. The van der Waals surface area contributed by atoms with Crippen LogP contribution in [-0.4, -0.2) is 31.1 Å². The Hall–Kier alpha value is -0.570. The summed E-state index contributed by atoms with van der Waals surface area (Å²) in [6.45, 7) is 7.08. The Labute approximate surface area is 108 Å². The molecule has 1 unspecified atom stereocenters. The molecule has 2 saturated heterocycles. The van der Waals surface area contributed by atoms with E-state index in [-0.39, 0.29) is 0 Å². The molecule has 0 saturated carbocycles. The molecule has 0 radical (unpaired) electrons. The lowest BCUT2D eigenvalue weighted by atomic mass is 10.0. The maximum atomic E-state index is 6.28. The highest BCUT2D eigenvalue weighted by molar-refractivity contribution is 6.31. The van der Waals surface area contributed by atoms with Crippen LogP contribution in [0.25, 0.3) is 0 Å². The van der Waals surface area contributed by atoms with Crippen molar-refractivity contribution in [1.29, 1.82) is 0 Å². The lowest BCUT2D eigenvalue weighted by molar-refractivity contribution is 0.244. The summed E-state index contributed by atoms with van der Waals surface area (Å²) in [6.07, 6.45) is 0. The summed E-state index contributed by atoms with van der Waals surface area (Å²) in [5, 5.41) is 4.38. The first-order valence-electron chi connectivity index (χ1n) is 6.45. The van der Waals surface area contributed by atoms with Gasteiger partial charge in [-0.25, -0.2) is 0 Å². The SMILES string of the molecule is CC(c1ccccc1Cl)N1C[C@H]2CNC[C@H]2C1. The van der Waals surface area contributed by atoms with Gasteiger partial charge in [0.15, 0.2) is 0 Å². The zero-order valence-corrected chi connectivity index (χ0v) is 11.0. The van der Waals surface area contributed by atoms with Crippen LogP contribution in [0.5, 0.6) is 0 Å². The molecule has 0 aromatic heterocycles. The first kappa shape index (κ1) is 11.5. The maximum absolute atomic E-state index is 6.28. The first-order valence-corrected chi connectivity index (χ1v) is 6.82. The molecule has 2 aliphatic heterocycles. The first-order chi connectivity index (χ1) is 8.25. The Morgan fingerprint density at radius 2 is 1.88 bits per heavy atom. The fourth-order valence-electron chi connectivity index (χ4n) is 3.22. The monoisotopic (exact) mass is 250 g/mol. The lowest BCUT2D eigenvalue weighted by Crippen LogP contribution is -2.28. The number of nitrogens with one attached hydrogen (secondary N) is 1. The normalized spacial score (nSPS) is 30.5. The van der Waals surface area contributed by atoms with E-state index in [1.165, 1.54) is 31.7 Å². The van der Waals surface area contributed by atoms with E-state index in [0.717, 1.165) is 16.9 Å². The number of halogens is 1. The number of hydrogen-bond acceptors (Lipinski definition) is 2. The van der Waals surface area contributed by atoms with Crippen molar-refractivity contribution in [3.05, 3.63) is 34.9 Å². The van der Waals surface area contributed by atoms with Crippen LogP contribution in [0.1, 0.15) is 18.5 Å². The van der Waals surface area contributed by atoms with E-state index in [4.69, 9.17) is 11.6 Å². The quantitative estimate of drug-likeness (QED) is 0.868. The van der Waals surface area contributed by atoms with Crippen molar-refractivity contribution in [2.24, 2.45) is 11.8 Å². The van der Waals surface area contributed by atoms with Gasteiger partial charge in [0.1, 0.15) is 0 Å². The molecule has 1 N–H and O–H groups in total. The van der Waals surface area contributed by atoms with Gasteiger partial charge in [0, 0.05) is 24.2 Å². The van der Waals surface area contributed by atoms with Gasteiger partial charge in [0.2, 0.25) is 0 Å². The molecule has 2 aliphatic rings. The van der Waals surface area contributed by atoms with Crippen LogP contribution < -0.4 is 5.32 Å². The second-order valence-electron chi connectivity index (χ2n) is 5.33. The van der Waals surface area contributed by atoms with E-state index >= 15 is 0 Å². The van der Waals surface area contributed by atoms with Gasteiger partial charge in [-0.05, 0) is 43.5 Å². The predicted molar refractivity (Wildman–Crippen MR) is 71.3 cm³/mol. The average molecular weight is 251 g/mol. The van der Waals surface area contributed by atoms with Gasteiger partial charge >= 0.3 is 0 Å². The highest BCUT2D eigenvalue weighted by Crippen LogP contribution is 2.34. The summed E-state index contributed by atoms with van der Waals surface area (Å²) < 4.78 is 0. The maximum Gasteiger partial charge on any atom is 0.0453 e. The highest BCUT2D eigenvalue weighted by atomic mass is 35.5. The van der Waals surface area contributed by atoms with Crippen LogP contribution in [0.3, 0.4) is 0 Å². The van der Waals surface area contributed by atoms with E-state index in [1.807, 2.05) is 12.1 Å². The largest absolute Gasteiger partial charge is 0.316 e. The number of fused-ring (bicyclic) bond motifs is 1. The highest BCUT2D eigenvalue weighted by Gasteiger charge is 2.38.